The first-order valence-corrected chi connectivity index (χ1v) is 10.8. The van der Waals surface area contributed by atoms with Crippen molar-refractivity contribution in [2.45, 2.75) is 44.6 Å². The van der Waals surface area contributed by atoms with E-state index >= 15 is 0 Å². The van der Waals surface area contributed by atoms with Gasteiger partial charge in [0.05, 0.1) is 10.2 Å². The van der Waals surface area contributed by atoms with Crippen LogP contribution >= 0.6 is 11.3 Å². The summed E-state index contributed by atoms with van der Waals surface area (Å²) >= 11 is 1.46. The molecule has 5 rings (SSSR count). The molecule has 0 radical (unpaired) electrons. The molecule has 3 heterocycles. The van der Waals surface area contributed by atoms with E-state index in [1.807, 2.05) is 24.3 Å². The first-order chi connectivity index (χ1) is 13.8. The van der Waals surface area contributed by atoms with Crippen molar-refractivity contribution >= 4 is 33.3 Å². The summed E-state index contributed by atoms with van der Waals surface area (Å²) in [6.45, 7) is 1.82. The number of para-hydroxylation sites is 1. The molecule has 0 saturated carbocycles. The standard InChI is InChI=1S/C21H23N5OS/c27-20(21-25-17-7-3-4-8-18(17)28-21)24-14-9-11-26(12-10-14)19-15-5-1-2-6-16(15)22-13-23-19/h3-4,7-8,13-14H,1-2,5-6,9-12H2,(H,24,27). The molecule has 2 aromatic heterocycles. The van der Waals surface area contributed by atoms with Crippen LogP contribution in [0.25, 0.3) is 10.2 Å². The number of aromatic nitrogens is 3. The molecule has 1 aromatic carbocycles. The van der Waals surface area contributed by atoms with Crippen molar-refractivity contribution in [3.63, 3.8) is 0 Å². The Hall–Kier alpha value is -2.54. The van der Waals surface area contributed by atoms with Gasteiger partial charge >= 0.3 is 0 Å². The zero-order valence-electron chi connectivity index (χ0n) is 15.7. The third kappa shape index (κ3) is 3.35. The van der Waals surface area contributed by atoms with Gasteiger partial charge in [-0.1, -0.05) is 12.1 Å². The minimum atomic E-state index is -0.0564. The number of hydrogen-bond acceptors (Lipinski definition) is 6. The average molecular weight is 394 g/mol. The summed E-state index contributed by atoms with van der Waals surface area (Å²) in [6, 6.07) is 8.07. The van der Waals surface area contributed by atoms with Crippen LogP contribution in [0.2, 0.25) is 0 Å². The molecule has 7 heteroatoms. The van der Waals surface area contributed by atoms with Gasteiger partial charge in [-0.25, -0.2) is 15.0 Å². The van der Waals surface area contributed by atoms with Crippen molar-refractivity contribution in [3.8, 4) is 0 Å². The molecule has 1 saturated heterocycles. The fourth-order valence-corrected chi connectivity index (χ4v) is 5.10. The first kappa shape index (κ1) is 17.6. The van der Waals surface area contributed by atoms with E-state index in [-0.39, 0.29) is 11.9 Å². The number of benzene rings is 1. The van der Waals surface area contributed by atoms with Crippen molar-refractivity contribution in [2.75, 3.05) is 18.0 Å². The van der Waals surface area contributed by atoms with Crippen LogP contribution in [0.5, 0.6) is 0 Å². The number of rotatable bonds is 3. The third-order valence-corrected chi connectivity index (χ3v) is 6.76. The van der Waals surface area contributed by atoms with Crippen LogP contribution in [-0.2, 0) is 12.8 Å². The summed E-state index contributed by atoms with van der Waals surface area (Å²) < 4.78 is 1.05. The number of amides is 1. The van der Waals surface area contributed by atoms with Gasteiger partial charge in [-0.3, -0.25) is 4.79 Å². The molecule has 0 atom stereocenters. The largest absolute Gasteiger partial charge is 0.356 e. The monoisotopic (exact) mass is 393 g/mol. The molecule has 1 aliphatic heterocycles. The summed E-state index contributed by atoms with van der Waals surface area (Å²) in [6.07, 6.45) is 8.16. The molecule has 1 fully saturated rings. The number of piperidine rings is 1. The SMILES string of the molecule is O=C(NC1CCN(c2ncnc3c2CCCC3)CC1)c1nc2ccccc2s1. The normalized spacial score (nSPS) is 17.5. The van der Waals surface area contributed by atoms with E-state index in [1.54, 1.807) is 6.33 Å². The Morgan fingerprint density at radius 2 is 1.93 bits per heavy atom. The van der Waals surface area contributed by atoms with Crippen LogP contribution in [-0.4, -0.2) is 40.0 Å². The van der Waals surface area contributed by atoms with Crippen LogP contribution in [0, 0.1) is 0 Å². The van der Waals surface area contributed by atoms with Gasteiger partial charge < -0.3 is 10.2 Å². The van der Waals surface area contributed by atoms with Gasteiger partial charge in [0.25, 0.3) is 5.91 Å². The number of carbonyl (C=O) groups excluding carboxylic acids is 1. The molecule has 1 N–H and O–H groups in total. The maximum Gasteiger partial charge on any atom is 0.280 e. The van der Waals surface area contributed by atoms with Crippen molar-refractivity contribution in [1.82, 2.24) is 20.3 Å². The van der Waals surface area contributed by atoms with Gasteiger partial charge in [0.1, 0.15) is 12.1 Å². The second-order valence-electron chi connectivity index (χ2n) is 7.55. The lowest BCUT2D eigenvalue weighted by Gasteiger charge is -2.34. The van der Waals surface area contributed by atoms with Crippen LogP contribution in [0.4, 0.5) is 5.82 Å². The van der Waals surface area contributed by atoms with E-state index in [4.69, 9.17) is 0 Å². The van der Waals surface area contributed by atoms with Crippen molar-refractivity contribution in [1.29, 1.82) is 0 Å². The maximum absolute atomic E-state index is 12.6. The number of aryl methyl sites for hydroxylation is 1. The molecule has 1 amide bonds. The molecule has 144 valence electrons. The highest BCUT2D eigenvalue weighted by Gasteiger charge is 2.26. The van der Waals surface area contributed by atoms with Crippen molar-refractivity contribution < 1.29 is 4.79 Å². The minimum Gasteiger partial charge on any atom is -0.356 e. The zero-order chi connectivity index (χ0) is 18.9. The number of nitrogens with zero attached hydrogens (tertiary/aromatic N) is 4. The molecule has 28 heavy (non-hydrogen) atoms. The van der Waals surface area contributed by atoms with Gasteiger partial charge in [-0.2, -0.15) is 0 Å². The van der Waals surface area contributed by atoms with E-state index in [1.165, 1.54) is 35.4 Å². The Morgan fingerprint density at radius 1 is 1.11 bits per heavy atom. The minimum absolute atomic E-state index is 0.0564. The fraction of sp³-hybridized carbons (Fsp3) is 0.429. The van der Waals surface area contributed by atoms with Crippen LogP contribution in [0.15, 0.2) is 30.6 Å². The smallest absolute Gasteiger partial charge is 0.280 e. The topological polar surface area (TPSA) is 71.0 Å². The van der Waals surface area contributed by atoms with Crippen LogP contribution < -0.4 is 10.2 Å². The fourth-order valence-electron chi connectivity index (χ4n) is 4.23. The molecule has 1 aliphatic carbocycles. The predicted molar refractivity (Wildman–Crippen MR) is 111 cm³/mol. The van der Waals surface area contributed by atoms with Crippen molar-refractivity contribution in [3.05, 3.63) is 46.9 Å². The highest BCUT2D eigenvalue weighted by Crippen LogP contribution is 2.29. The molecular weight excluding hydrogens is 370 g/mol. The quantitative estimate of drug-likeness (QED) is 0.739. The summed E-state index contributed by atoms with van der Waals surface area (Å²) in [4.78, 5) is 28.5. The number of fused-ring (bicyclic) bond motifs is 2. The first-order valence-electron chi connectivity index (χ1n) is 10.0. The lowest BCUT2D eigenvalue weighted by atomic mass is 9.95. The second kappa shape index (κ2) is 7.47. The molecule has 0 spiro atoms. The van der Waals surface area contributed by atoms with E-state index < -0.39 is 0 Å². The van der Waals surface area contributed by atoms with E-state index in [2.05, 4.69) is 25.2 Å². The summed E-state index contributed by atoms with van der Waals surface area (Å²) in [7, 11) is 0. The number of nitrogens with one attached hydrogen (secondary N) is 1. The van der Waals surface area contributed by atoms with Gasteiger partial charge in [-0.05, 0) is 50.7 Å². The zero-order valence-corrected chi connectivity index (χ0v) is 16.5. The highest BCUT2D eigenvalue weighted by molar-refractivity contribution is 7.20. The van der Waals surface area contributed by atoms with E-state index in [0.29, 0.717) is 5.01 Å². The van der Waals surface area contributed by atoms with Crippen LogP contribution in [0.3, 0.4) is 0 Å². The predicted octanol–water partition coefficient (Wildman–Crippen LogP) is 3.36. The number of thiazole rings is 1. The number of anilines is 1. The summed E-state index contributed by atoms with van der Waals surface area (Å²) in [5.74, 6) is 1.06. The highest BCUT2D eigenvalue weighted by atomic mass is 32.1. The Labute approximate surface area is 168 Å². The van der Waals surface area contributed by atoms with Gasteiger partial charge in [-0.15, -0.1) is 11.3 Å². The molecule has 3 aromatic rings. The third-order valence-electron chi connectivity index (χ3n) is 5.72. The second-order valence-corrected chi connectivity index (χ2v) is 8.58. The van der Waals surface area contributed by atoms with Gasteiger partial charge in [0.2, 0.25) is 0 Å². The number of carbonyl (C=O) groups is 1. The summed E-state index contributed by atoms with van der Waals surface area (Å²) in [5, 5.41) is 3.73. The van der Waals surface area contributed by atoms with Gasteiger partial charge in [0, 0.05) is 30.4 Å². The molecule has 6 nitrogen and oxygen atoms in total. The lowest BCUT2D eigenvalue weighted by Crippen LogP contribution is -2.45. The molecular formula is C21H23N5OS. The Morgan fingerprint density at radius 3 is 2.79 bits per heavy atom. The van der Waals surface area contributed by atoms with E-state index in [9.17, 15) is 4.79 Å². The number of hydrogen-bond donors (Lipinski definition) is 1. The molecule has 0 unspecified atom stereocenters. The Bertz CT molecular complexity index is 976. The lowest BCUT2D eigenvalue weighted by molar-refractivity contribution is 0.0931. The molecule has 2 aliphatic rings. The Kier molecular flexibility index (Phi) is 4.68. The van der Waals surface area contributed by atoms with Gasteiger partial charge in [0.15, 0.2) is 5.01 Å². The Balaban J connectivity index is 1.23. The molecule has 0 bridgehead atoms. The van der Waals surface area contributed by atoms with Crippen LogP contribution in [0.1, 0.15) is 46.7 Å². The van der Waals surface area contributed by atoms with E-state index in [0.717, 1.165) is 54.8 Å². The maximum atomic E-state index is 12.6. The average Bonchev–Trinajstić information content (AvgIpc) is 3.18. The summed E-state index contributed by atoms with van der Waals surface area (Å²) in [5.41, 5.74) is 3.45. The van der Waals surface area contributed by atoms with Crippen molar-refractivity contribution in [2.24, 2.45) is 0 Å².